The number of nitrogens with one attached hydrogen (secondary N) is 2. The molecular formula is C11H12N4O2S3. The van der Waals surface area contributed by atoms with Gasteiger partial charge >= 0.3 is 0 Å². The molecule has 6 nitrogen and oxygen atoms in total. The molecule has 0 unspecified atom stereocenters. The average Bonchev–Trinajstić information content (AvgIpc) is 3.04. The van der Waals surface area contributed by atoms with Crippen LogP contribution in [0.4, 0.5) is 11.5 Å². The van der Waals surface area contributed by atoms with Gasteiger partial charge in [0.25, 0.3) is 10.0 Å². The molecule has 0 fully saturated rings. The van der Waals surface area contributed by atoms with Gasteiger partial charge in [0, 0.05) is 23.5 Å². The first-order valence-electron chi connectivity index (χ1n) is 5.86. The summed E-state index contributed by atoms with van der Waals surface area (Å²) in [6, 6.07) is 1.72. The van der Waals surface area contributed by atoms with Crippen molar-refractivity contribution >= 4 is 49.2 Å². The van der Waals surface area contributed by atoms with E-state index in [-0.39, 0.29) is 5.03 Å². The number of hydrogen-bond donors (Lipinski definition) is 2. The summed E-state index contributed by atoms with van der Waals surface area (Å²) < 4.78 is 29.3. The lowest BCUT2D eigenvalue weighted by molar-refractivity contribution is 0.597. The monoisotopic (exact) mass is 328 g/mol. The SMILES string of the molecule is CCNc1nc2sccn2c1S(=O)(=O)Nc1ccsc1. The topological polar surface area (TPSA) is 75.5 Å². The molecule has 0 atom stereocenters. The largest absolute Gasteiger partial charge is 0.368 e. The van der Waals surface area contributed by atoms with Gasteiger partial charge in [-0.25, -0.2) is 4.98 Å². The summed E-state index contributed by atoms with van der Waals surface area (Å²) in [5.74, 6) is 0.377. The van der Waals surface area contributed by atoms with E-state index in [0.717, 1.165) is 0 Å². The Morgan fingerprint density at radius 1 is 1.40 bits per heavy atom. The quantitative estimate of drug-likeness (QED) is 0.755. The molecule has 3 aromatic heterocycles. The normalized spacial score (nSPS) is 11.8. The summed E-state index contributed by atoms with van der Waals surface area (Å²) in [6.07, 6.45) is 1.70. The summed E-state index contributed by atoms with van der Waals surface area (Å²) in [5, 5.41) is 8.51. The van der Waals surface area contributed by atoms with Crippen LogP contribution in [0.1, 0.15) is 6.92 Å². The van der Waals surface area contributed by atoms with Crippen molar-refractivity contribution < 1.29 is 8.42 Å². The van der Waals surface area contributed by atoms with Crippen LogP contribution in [0.2, 0.25) is 0 Å². The third kappa shape index (κ3) is 2.28. The number of nitrogens with zero attached hydrogens (tertiary/aromatic N) is 2. The Bertz CT molecular complexity index is 817. The lowest BCUT2D eigenvalue weighted by Gasteiger charge is -2.08. The number of fused-ring (bicyclic) bond motifs is 1. The van der Waals surface area contributed by atoms with Gasteiger partial charge in [-0.2, -0.15) is 19.8 Å². The Morgan fingerprint density at radius 3 is 2.95 bits per heavy atom. The first-order chi connectivity index (χ1) is 9.62. The molecule has 0 aromatic carbocycles. The van der Waals surface area contributed by atoms with Gasteiger partial charge in [0.15, 0.2) is 10.8 Å². The van der Waals surface area contributed by atoms with Gasteiger partial charge in [0.2, 0.25) is 5.03 Å². The second-order valence-corrected chi connectivity index (χ2v) is 7.22. The molecule has 0 bridgehead atoms. The van der Waals surface area contributed by atoms with E-state index in [1.54, 1.807) is 22.0 Å². The Kier molecular flexibility index (Phi) is 3.40. The van der Waals surface area contributed by atoms with E-state index in [4.69, 9.17) is 0 Å². The van der Waals surface area contributed by atoms with Crippen LogP contribution < -0.4 is 10.0 Å². The molecule has 0 spiro atoms. The van der Waals surface area contributed by atoms with E-state index in [0.29, 0.717) is 23.0 Å². The highest BCUT2D eigenvalue weighted by Gasteiger charge is 2.26. The zero-order valence-electron chi connectivity index (χ0n) is 10.5. The summed E-state index contributed by atoms with van der Waals surface area (Å²) >= 11 is 2.83. The van der Waals surface area contributed by atoms with E-state index in [2.05, 4.69) is 15.0 Å². The summed E-state index contributed by atoms with van der Waals surface area (Å²) in [6.45, 7) is 2.50. The van der Waals surface area contributed by atoms with Crippen LogP contribution in [0.5, 0.6) is 0 Å². The van der Waals surface area contributed by atoms with E-state index < -0.39 is 10.0 Å². The van der Waals surface area contributed by atoms with Crippen LogP contribution in [0.25, 0.3) is 4.96 Å². The molecule has 3 aromatic rings. The Morgan fingerprint density at radius 2 is 2.25 bits per heavy atom. The van der Waals surface area contributed by atoms with Gasteiger partial charge < -0.3 is 5.32 Å². The highest BCUT2D eigenvalue weighted by Crippen LogP contribution is 2.27. The van der Waals surface area contributed by atoms with Crippen molar-refractivity contribution in [1.29, 1.82) is 0 Å². The van der Waals surface area contributed by atoms with Gasteiger partial charge in [-0.05, 0) is 18.4 Å². The minimum absolute atomic E-state index is 0.141. The molecule has 0 amide bonds. The molecule has 0 aliphatic rings. The van der Waals surface area contributed by atoms with Crippen LogP contribution in [-0.2, 0) is 10.0 Å². The molecule has 3 heterocycles. The Labute approximate surface area is 124 Å². The Hall–Kier alpha value is -1.58. The molecule has 0 aliphatic heterocycles. The fourth-order valence-electron chi connectivity index (χ4n) is 1.83. The van der Waals surface area contributed by atoms with Gasteiger partial charge in [0.05, 0.1) is 5.69 Å². The second kappa shape index (κ2) is 5.08. The van der Waals surface area contributed by atoms with Crippen molar-refractivity contribution in [2.75, 3.05) is 16.6 Å². The number of thiophene rings is 1. The molecule has 0 aliphatic carbocycles. The molecule has 106 valence electrons. The van der Waals surface area contributed by atoms with E-state index in [9.17, 15) is 8.42 Å². The van der Waals surface area contributed by atoms with Gasteiger partial charge in [-0.15, -0.1) is 11.3 Å². The van der Waals surface area contributed by atoms with Crippen molar-refractivity contribution in [3.63, 3.8) is 0 Å². The lowest BCUT2D eigenvalue weighted by atomic mass is 10.6. The number of hydrogen-bond acceptors (Lipinski definition) is 6. The smallest absolute Gasteiger partial charge is 0.281 e. The third-order valence-electron chi connectivity index (χ3n) is 2.59. The number of sulfonamides is 1. The van der Waals surface area contributed by atoms with Gasteiger partial charge in [-0.3, -0.25) is 9.12 Å². The maximum atomic E-state index is 12.6. The summed E-state index contributed by atoms with van der Waals surface area (Å²) in [7, 11) is -3.69. The zero-order valence-corrected chi connectivity index (χ0v) is 13.0. The molecule has 3 rings (SSSR count). The molecule has 20 heavy (non-hydrogen) atoms. The number of thiazole rings is 1. The molecular weight excluding hydrogens is 316 g/mol. The lowest BCUT2D eigenvalue weighted by Crippen LogP contribution is -2.16. The van der Waals surface area contributed by atoms with Crippen LogP contribution in [-0.4, -0.2) is 24.3 Å². The van der Waals surface area contributed by atoms with Crippen molar-refractivity contribution in [3.05, 3.63) is 28.4 Å². The van der Waals surface area contributed by atoms with Crippen LogP contribution in [0.3, 0.4) is 0 Å². The summed E-state index contributed by atoms with van der Waals surface area (Å²) in [5.41, 5.74) is 0.558. The molecule has 0 radical (unpaired) electrons. The number of rotatable bonds is 5. The van der Waals surface area contributed by atoms with Crippen LogP contribution >= 0.6 is 22.7 Å². The first kappa shape index (κ1) is 13.4. The highest BCUT2D eigenvalue weighted by atomic mass is 32.2. The Balaban J connectivity index is 2.11. The van der Waals surface area contributed by atoms with Gasteiger partial charge in [-0.1, -0.05) is 0 Å². The molecule has 9 heteroatoms. The highest BCUT2D eigenvalue weighted by molar-refractivity contribution is 7.92. The zero-order chi connectivity index (χ0) is 14.2. The molecule has 2 N–H and O–H groups in total. The maximum absolute atomic E-state index is 12.6. The van der Waals surface area contributed by atoms with Crippen molar-refractivity contribution in [2.45, 2.75) is 11.9 Å². The standard InChI is InChI=1S/C11H12N4O2S3/c1-2-12-9-10(15-4-6-19-11(15)13-9)20(16,17)14-8-3-5-18-7-8/h3-7,12,14H,2H2,1H3. The maximum Gasteiger partial charge on any atom is 0.281 e. The fraction of sp³-hybridized carbons (Fsp3) is 0.182. The number of anilines is 2. The predicted octanol–water partition coefficient (Wildman–Crippen LogP) is 2.69. The van der Waals surface area contributed by atoms with E-state index in [1.165, 1.54) is 22.7 Å². The van der Waals surface area contributed by atoms with Crippen LogP contribution in [0.15, 0.2) is 33.4 Å². The second-order valence-electron chi connectivity index (χ2n) is 3.97. The van der Waals surface area contributed by atoms with E-state index in [1.807, 2.05) is 17.7 Å². The van der Waals surface area contributed by atoms with Crippen LogP contribution in [0, 0.1) is 0 Å². The average molecular weight is 328 g/mol. The third-order valence-corrected chi connectivity index (χ3v) is 5.43. The number of aromatic nitrogens is 2. The minimum Gasteiger partial charge on any atom is -0.368 e. The van der Waals surface area contributed by atoms with Crippen molar-refractivity contribution in [1.82, 2.24) is 9.38 Å². The first-order valence-corrected chi connectivity index (χ1v) is 9.17. The fourth-order valence-corrected chi connectivity index (χ4v) is 4.58. The molecule has 0 saturated carbocycles. The van der Waals surface area contributed by atoms with Crippen molar-refractivity contribution in [3.8, 4) is 0 Å². The number of imidazole rings is 1. The van der Waals surface area contributed by atoms with E-state index >= 15 is 0 Å². The predicted molar refractivity (Wildman–Crippen MR) is 82.4 cm³/mol. The summed E-state index contributed by atoms with van der Waals surface area (Å²) in [4.78, 5) is 4.96. The van der Waals surface area contributed by atoms with Gasteiger partial charge in [0.1, 0.15) is 0 Å². The molecule has 0 saturated heterocycles. The van der Waals surface area contributed by atoms with Crippen molar-refractivity contribution in [2.24, 2.45) is 0 Å². The minimum atomic E-state index is -3.69.